The molecule has 0 saturated carbocycles. The van der Waals surface area contributed by atoms with Crippen molar-refractivity contribution in [3.63, 3.8) is 0 Å². The van der Waals surface area contributed by atoms with E-state index in [1.807, 2.05) is 0 Å². The van der Waals surface area contributed by atoms with Crippen molar-refractivity contribution in [3.8, 4) is 11.6 Å². The van der Waals surface area contributed by atoms with E-state index in [2.05, 4.69) is 9.97 Å². The van der Waals surface area contributed by atoms with E-state index >= 15 is 0 Å². The van der Waals surface area contributed by atoms with Gasteiger partial charge in [-0.05, 0) is 37.0 Å². The van der Waals surface area contributed by atoms with E-state index in [9.17, 15) is 10.1 Å². The van der Waals surface area contributed by atoms with Crippen LogP contribution in [-0.2, 0) is 12.8 Å². The Kier molecular flexibility index (Phi) is 3.00. The average Bonchev–Trinajstić information content (AvgIpc) is 3.08. The average molecular weight is 313 g/mol. The van der Waals surface area contributed by atoms with Crippen molar-refractivity contribution >= 4 is 27.2 Å². The van der Waals surface area contributed by atoms with Gasteiger partial charge in [0.2, 0.25) is 5.88 Å². The van der Waals surface area contributed by atoms with Gasteiger partial charge in [-0.15, -0.1) is 11.3 Å². The minimum Gasteiger partial charge on any atom is -0.438 e. The van der Waals surface area contributed by atoms with Crippen molar-refractivity contribution in [1.29, 1.82) is 0 Å². The summed E-state index contributed by atoms with van der Waals surface area (Å²) in [7, 11) is 0. The highest BCUT2D eigenvalue weighted by molar-refractivity contribution is 7.18. The largest absolute Gasteiger partial charge is 0.438 e. The standard InChI is InChI=1S/C15H11N3O3S/c19-18(20)9-4-6-10(7-5-9)21-14-13-11-2-1-3-12(11)22-15(13)17-8-16-14/h4-8H,1-3H2. The van der Waals surface area contributed by atoms with E-state index < -0.39 is 4.92 Å². The number of aryl methyl sites for hydroxylation is 2. The fourth-order valence-corrected chi connectivity index (χ4v) is 3.94. The molecule has 0 radical (unpaired) electrons. The van der Waals surface area contributed by atoms with E-state index in [-0.39, 0.29) is 5.69 Å². The third-order valence-corrected chi connectivity index (χ3v) is 4.93. The van der Waals surface area contributed by atoms with Crippen molar-refractivity contribution in [1.82, 2.24) is 9.97 Å². The highest BCUT2D eigenvalue weighted by Gasteiger charge is 2.22. The Bertz CT molecular complexity index is 874. The smallest absolute Gasteiger partial charge is 0.269 e. The van der Waals surface area contributed by atoms with Gasteiger partial charge in [0, 0.05) is 17.0 Å². The fourth-order valence-electron chi connectivity index (χ4n) is 2.72. The molecule has 0 amide bonds. The molecule has 1 aromatic carbocycles. The maximum atomic E-state index is 10.7. The van der Waals surface area contributed by atoms with E-state index in [1.165, 1.54) is 28.9 Å². The number of ether oxygens (including phenoxy) is 1. The first-order chi connectivity index (χ1) is 10.7. The molecule has 0 aliphatic heterocycles. The molecule has 110 valence electrons. The molecule has 1 aliphatic carbocycles. The number of hydrogen-bond donors (Lipinski definition) is 0. The SMILES string of the molecule is O=[N+]([O-])c1ccc(Oc2ncnc3sc4c(c23)CCC4)cc1. The zero-order valence-electron chi connectivity index (χ0n) is 11.5. The van der Waals surface area contributed by atoms with Gasteiger partial charge in [0.05, 0.1) is 10.3 Å². The van der Waals surface area contributed by atoms with Gasteiger partial charge in [-0.25, -0.2) is 9.97 Å². The molecule has 0 atom stereocenters. The lowest BCUT2D eigenvalue weighted by Crippen LogP contribution is -1.92. The van der Waals surface area contributed by atoms with Crippen LogP contribution in [0.15, 0.2) is 30.6 Å². The lowest BCUT2D eigenvalue weighted by Gasteiger charge is -2.06. The Balaban J connectivity index is 1.73. The minimum atomic E-state index is -0.432. The van der Waals surface area contributed by atoms with Gasteiger partial charge in [0.15, 0.2) is 0 Å². The van der Waals surface area contributed by atoms with Crippen molar-refractivity contribution in [3.05, 3.63) is 51.1 Å². The van der Waals surface area contributed by atoms with Crippen LogP contribution in [0.4, 0.5) is 5.69 Å². The van der Waals surface area contributed by atoms with Crippen LogP contribution < -0.4 is 4.74 Å². The van der Waals surface area contributed by atoms with Gasteiger partial charge in [-0.2, -0.15) is 0 Å². The van der Waals surface area contributed by atoms with E-state index in [0.717, 1.165) is 29.5 Å². The highest BCUT2D eigenvalue weighted by atomic mass is 32.1. The minimum absolute atomic E-state index is 0.0385. The molecule has 3 aromatic rings. The monoisotopic (exact) mass is 313 g/mol. The summed E-state index contributed by atoms with van der Waals surface area (Å²) < 4.78 is 5.84. The quantitative estimate of drug-likeness (QED) is 0.541. The molecule has 1 aliphatic rings. The first-order valence-electron chi connectivity index (χ1n) is 6.90. The van der Waals surface area contributed by atoms with Crippen molar-refractivity contribution in [2.45, 2.75) is 19.3 Å². The number of hydrogen-bond acceptors (Lipinski definition) is 6. The van der Waals surface area contributed by atoms with E-state index in [0.29, 0.717) is 11.6 Å². The van der Waals surface area contributed by atoms with Crippen LogP contribution in [0.2, 0.25) is 0 Å². The number of nitro benzene ring substituents is 1. The second kappa shape index (κ2) is 5.03. The van der Waals surface area contributed by atoms with Gasteiger partial charge >= 0.3 is 0 Å². The molecule has 2 aromatic heterocycles. The van der Waals surface area contributed by atoms with Gasteiger partial charge in [0.25, 0.3) is 5.69 Å². The maximum Gasteiger partial charge on any atom is 0.269 e. The zero-order valence-corrected chi connectivity index (χ0v) is 12.3. The van der Waals surface area contributed by atoms with Crippen LogP contribution in [0.25, 0.3) is 10.2 Å². The predicted octanol–water partition coefficient (Wildman–Crippen LogP) is 3.88. The summed E-state index contributed by atoms with van der Waals surface area (Å²) in [5.41, 5.74) is 1.33. The highest BCUT2D eigenvalue weighted by Crippen LogP contribution is 2.40. The first kappa shape index (κ1) is 13.1. The van der Waals surface area contributed by atoms with Crippen LogP contribution in [0.1, 0.15) is 16.9 Å². The van der Waals surface area contributed by atoms with Crippen molar-refractivity contribution < 1.29 is 9.66 Å². The predicted molar refractivity (Wildman–Crippen MR) is 82.6 cm³/mol. The van der Waals surface area contributed by atoms with Crippen LogP contribution in [0.3, 0.4) is 0 Å². The van der Waals surface area contributed by atoms with E-state index in [4.69, 9.17) is 4.74 Å². The maximum absolute atomic E-state index is 10.7. The van der Waals surface area contributed by atoms with E-state index in [1.54, 1.807) is 23.5 Å². The molecule has 0 bridgehead atoms. The molecule has 2 heterocycles. The molecular weight excluding hydrogens is 302 g/mol. The lowest BCUT2D eigenvalue weighted by atomic mass is 10.2. The van der Waals surface area contributed by atoms with Crippen LogP contribution in [0, 0.1) is 10.1 Å². The molecule has 0 fully saturated rings. The molecule has 4 rings (SSSR count). The number of benzene rings is 1. The number of rotatable bonds is 3. The Hall–Kier alpha value is -2.54. The third kappa shape index (κ3) is 2.10. The molecule has 0 saturated heterocycles. The topological polar surface area (TPSA) is 78.2 Å². The number of nitrogens with zero attached hydrogens (tertiary/aromatic N) is 3. The van der Waals surface area contributed by atoms with Crippen LogP contribution >= 0.6 is 11.3 Å². The second-order valence-corrected chi connectivity index (χ2v) is 6.15. The summed E-state index contributed by atoms with van der Waals surface area (Å²) >= 11 is 1.70. The third-order valence-electron chi connectivity index (χ3n) is 3.73. The zero-order chi connectivity index (χ0) is 15.1. The number of nitro groups is 1. The number of thiophene rings is 1. The van der Waals surface area contributed by atoms with Crippen LogP contribution in [-0.4, -0.2) is 14.9 Å². The van der Waals surface area contributed by atoms with Crippen molar-refractivity contribution in [2.24, 2.45) is 0 Å². The number of fused-ring (bicyclic) bond motifs is 3. The lowest BCUT2D eigenvalue weighted by molar-refractivity contribution is -0.384. The molecule has 6 nitrogen and oxygen atoms in total. The second-order valence-electron chi connectivity index (χ2n) is 5.07. The molecule has 0 N–H and O–H groups in total. The summed E-state index contributed by atoms with van der Waals surface area (Å²) in [4.78, 5) is 21.1. The summed E-state index contributed by atoms with van der Waals surface area (Å²) in [5, 5.41) is 11.7. The van der Waals surface area contributed by atoms with Gasteiger partial charge < -0.3 is 4.74 Å². The summed E-state index contributed by atoms with van der Waals surface area (Å²) in [6, 6.07) is 6.01. The first-order valence-corrected chi connectivity index (χ1v) is 7.71. The summed E-state index contributed by atoms with van der Waals surface area (Å²) in [6.07, 6.45) is 4.77. The molecule has 22 heavy (non-hydrogen) atoms. The Morgan fingerprint density at radius 2 is 2.00 bits per heavy atom. The van der Waals surface area contributed by atoms with Crippen molar-refractivity contribution in [2.75, 3.05) is 0 Å². The normalized spacial score (nSPS) is 13.3. The van der Waals surface area contributed by atoms with Crippen LogP contribution in [0.5, 0.6) is 11.6 Å². The van der Waals surface area contributed by atoms with Gasteiger partial charge in [-0.3, -0.25) is 10.1 Å². The fraction of sp³-hybridized carbons (Fsp3) is 0.200. The Labute approximate surface area is 129 Å². The number of aromatic nitrogens is 2. The summed E-state index contributed by atoms with van der Waals surface area (Å²) in [6.45, 7) is 0. The number of non-ortho nitro benzene ring substituents is 1. The summed E-state index contributed by atoms with van der Waals surface area (Å²) in [5.74, 6) is 1.06. The Morgan fingerprint density at radius 1 is 1.18 bits per heavy atom. The molecule has 0 spiro atoms. The Morgan fingerprint density at radius 3 is 2.77 bits per heavy atom. The molecular formula is C15H11N3O3S. The van der Waals surface area contributed by atoms with Gasteiger partial charge in [0.1, 0.15) is 16.9 Å². The molecule has 7 heteroatoms. The van der Waals surface area contributed by atoms with Gasteiger partial charge in [-0.1, -0.05) is 0 Å². The molecule has 0 unspecified atom stereocenters.